The molecule has 1 amide bonds. The van der Waals surface area contributed by atoms with Crippen molar-refractivity contribution in [2.75, 3.05) is 18.9 Å². The molecule has 0 bridgehead atoms. The zero-order valence-electron chi connectivity index (χ0n) is 13.0. The molecule has 3 rings (SSSR count). The molecule has 2 aromatic heterocycles. The lowest BCUT2D eigenvalue weighted by atomic mass is 10.0. The molecule has 7 nitrogen and oxygen atoms in total. The summed E-state index contributed by atoms with van der Waals surface area (Å²) in [4.78, 5) is 31.4. The topological polar surface area (TPSA) is 90.4 Å². The summed E-state index contributed by atoms with van der Waals surface area (Å²) >= 11 is 1.35. The molecule has 0 fully saturated rings. The van der Waals surface area contributed by atoms with Gasteiger partial charge in [0.2, 0.25) is 0 Å². The number of rotatable bonds is 3. The highest BCUT2D eigenvalue weighted by atomic mass is 32.1. The van der Waals surface area contributed by atoms with Crippen LogP contribution in [0.25, 0.3) is 0 Å². The van der Waals surface area contributed by atoms with Crippen molar-refractivity contribution in [3.8, 4) is 0 Å². The van der Waals surface area contributed by atoms with Crippen LogP contribution in [0.2, 0.25) is 0 Å². The highest BCUT2D eigenvalue weighted by Gasteiger charge is 2.30. The number of thiophene rings is 1. The number of aromatic nitrogens is 2. The average molecular weight is 334 g/mol. The summed E-state index contributed by atoms with van der Waals surface area (Å²) < 4.78 is 6.78. The third kappa shape index (κ3) is 2.70. The molecule has 8 heteroatoms. The zero-order chi connectivity index (χ0) is 16.6. The quantitative estimate of drug-likeness (QED) is 0.858. The molecular formula is C15H18N4O3S. The number of carbonyl (C=O) groups is 2. The fraction of sp³-hybridized carbons (Fsp3) is 0.400. The Bertz CT molecular complexity index is 765. The number of ether oxygens (including phenoxy) is 1. The van der Waals surface area contributed by atoms with Gasteiger partial charge < -0.3 is 19.9 Å². The van der Waals surface area contributed by atoms with E-state index in [1.807, 2.05) is 0 Å². The highest BCUT2D eigenvalue weighted by Crippen LogP contribution is 2.35. The van der Waals surface area contributed by atoms with Crippen LogP contribution in [0.4, 0.5) is 5.00 Å². The number of fused-ring (bicyclic) bond motifs is 1. The first-order chi connectivity index (χ1) is 11.0. The van der Waals surface area contributed by atoms with Crippen molar-refractivity contribution in [3.05, 3.63) is 34.2 Å². The van der Waals surface area contributed by atoms with E-state index >= 15 is 0 Å². The molecule has 0 radical (unpaired) electrons. The fourth-order valence-electron chi connectivity index (χ4n) is 2.74. The second-order valence-corrected chi connectivity index (χ2v) is 6.44. The van der Waals surface area contributed by atoms with Gasteiger partial charge in [0.05, 0.1) is 18.7 Å². The van der Waals surface area contributed by atoms with Crippen molar-refractivity contribution in [2.45, 2.75) is 19.9 Å². The van der Waals surface area contributed by atoms with Crippen molar-refractivity contribution < 1.29 is 14.3 Å². The molecular weight excluding hydrogens is 316 g/mol. The Morgan fingerprint density at radius 3 is 2.91 bits per heavy atom. The number of amides is 1. The minimum atomic E-state index is -0.383. The van der Waals surface area contributed by atoms with Crippen molar-refractivity contribution in [3.63, 3.8) is 0 Å². The Labute approximate surface area is 137 Å². The molecule has 0 aliphatic carbocycles. The fourth-order valence-corrected chi connectivity index (χ4v) is 3.86. The van der Waals surface area contributed by atoms with Gasteiger partial charge in [-0.15, -0.1) is 11.3 Å². The third-order valence-electron chi connectivity index (χ3n) is 3.86. The molecule has 2 N–H and O–H groups in total. The first-order valence-electron chi connectivity index (χ1n) is 7.36. The molecule has 0 saturated heterocycles. The van der Waals surface area contributed by atoms with Gasteiger partial charge in [0, 0.05) is 30.9 Å². The van der Waals surface area contributed by atoms with E-state index < -0.39 is 0 Å². The number of hydrogen-bond donors (Lipinski definition) is 1. The number of hydrogen-bond acceptors (Lipinski definition) is 6. The van der Waals surface area contributed by atoms with Crippen LogP contribution in [0.3, 0.4) is 0 Å². The standard InChI is InChI=1S/C15H18N4O3S/c1-3-22-15(21)11-9-4-6-19(8-10(9)23-12(11)16)14(20)13-17-5-7-18(13)2/h5,7H,3-4,6,8,16H2,1-2H3. The minimum absolute atomic E-state index is 0.118. The molecule has 122 valence electrons. The molecule has 2 aromatic rings. The maximum Gasteiger partial charge on any atom is 0.341 e. The Kier molecular flexibility index (Phi) is 4.08. The number of esters is 1. The van der Waals surface area contributed by atoms with E-state index in [2.05, 4.69) is 4.98 Å². The van der Waals surface area contributed by atoms with Gasteiger partial charge >= 0.3 is 5.97 Å². The number of nitrogens with two attached hydrogens (primary N) is 1. The molecule has 0 atom stereocenters. The molecule has 3 heterocycles. The van der Waals surface area contributed by atoms with Crippen LogP contribution in [0.5, 0.6) is 0 Å². The molecule has 0 aromatic carbocycles. The second-order valence-electron chi connectivity index (χ2n) is 5.30. The van der Waals surface area contributed by atoms with Gasteiger partial charge in [0.1, 0.15) is 5.00 Å². The average Bonchev–Trinajstić information content (AvgIpc) is 3.08. The zero-order valence-corrected chi connectivity index (χ0v) is 13.9. The van der Waals surface area contributed by atoms with Gasteiger partial charge in [-0.1, -0.05) is 0 Å². The number of anilines is 1. The summed E-state index contributed by atoms with van der Waals surface area (Å²) in [7, 11) is 1.79. The summed E-state index contributed by atoms with van der Waals surface area (Å²) in [5.74, 6) is -0.0946. The van der Waals surface area contributed by atoms with Gasteiger partial charge in [0.25, 0.3) is 5.91 Å². The lowest BCUT2D eigenvalue weighted by Crippen LogP contribution is -2.37. The monoisotopic (exact) mass is 334 g/mol. The molecule has 1 aliphatic rings. The predicted octanol–water partition coefficient (Wildman–Crippen LogP) is 1.44. The van der Waals surface area contributed by atoms with Crippen LogP contribution in [0, 0.1) is 0 Å². The predicted molar refractivity (Wildman–Crippen MR) is 86.3 cm³/mol. The Morgan fingerprint density at radius 2 is 2.26 bits per heavy atom. The summed E-state index contributed by atoms with van der Waals surface area (Å²) in [6.07, 6.45) is 3.93. The van der Waals surface area contributed by atoms with Crippen LogP contribution in [0.1, 0.15) is 38.3 Å². The van der Waals surface area contributed by atoms with Crippen LogP contribution >= 0.6 is 11.3 Å². The van der Waals surface area contributed by atoms with Gasteiger partial charge in [-0.25, -0.2) is 9.78 Å². The number of nitrogen functional groups attached to an aromatic ring is 1. The van der Waals surface area contributed by atoms with E-state index in [1.54, 1.807) is 35.8 Å². The number of carbonyl (C=O) groups excluding carboxylic acids is 2. The van der Waals surface area contributed by atoms with Gasteiger partial charge in [-0.3, -0.25) is 4.79 Å². The van der Waals surface area contributed by atoms with Gasteiger partial charge in [0.15, 0.2) is 5.82 Å². The SMILES string of the molecule is CCOC(=O)c1c(N)sc2c1CCN(C(=O)c1nccn1C)C2. The van der Waals surface area contributed by atoms with E-state index in [1.165, 1.54) is 11.3 Å². The van der Waals surface area contributed by atoms with E-state index in [0.717, 1.165) is 10.4 Å². The Morgan fingerprint density at radius 1 is 1.48 bits per heavy atom. The van der Waals surface area contributed by atoms with Crippen molar-refractivity contribution in [1.29, 1.82) is 0 Å². The Hall–Kier alpha value is -2.35. The van der Waals surface area contributed by atoms with Crippen molar-refractivity contribution in [2.24, 2.45) is 7.05 Å². The van der Waals surface area contributed by atoms with Gasteiger partial charge in [-0.05, 0) is 18.9 Å². The molecule has 23 heavy (non-hydrogen) atoms. The number of aryl methyl sites for hydroxylation is 1. The van der Waals surface area contributed by atoms with E-state index in [0.29, 0.717) is 42.5 Å². The van der Waals surface area contributed by atoms with Crippen molar-refractivity contribution in [1.82, 2.24) is 14.5 Å². The molecule has 0 spiro atoms. The van der Waals surface area contributed by atoms with Crippen LogP contribution in [-0.4, -0.2) is 39.5 Å². The normalized spacial score (nSPS) is 13.7. The van der Waals surface area contributed by atoms with Crippen molar-refractivity contribution >= 4 is 28.2 Å². The first kappa shape index (κ1) is 15.5. The minimum Gasteiger partial charge on any atom is -0.462 e. The lowest BCUT2D eigenvalue weighted by Gasteiger charge is -2.26. The summed E-state index contributed by atoms with van der Waals surface area (Å²) in [6.45, 7) is 3.05. The summed E-state index contributed by atoms with van der Waals surface area (Å²) in [5.41, 5.74) is 7.37. The van der Waals surface area contributed by atoms with Crippen LogP contribution in [0.15, 0.2) is 12.4 Å². The first-order valence-corrected chi connectivity index (χ1v) is 8.18. The Balaban J connectivity index is 1.85. The largest absolute Gasteiger partial charge is 0.462 e. The van der Waals surface area contributed by atoms with Crippen LogP contribution in [-0.2, 0) is 24.8 Å². The lowest BCUT2D eigenvalue weighted by molar-refractivity contribution is 0.0526. The molecule has 0 unspecified atom stereocenters. The number of imidazole rings is 1. The smallest absolute Gasteiger partial charge is 0.341 e. The molecule has 1 aliphatic heterocycles. The van der Waals surface area contributed by atoms with Crippen LogP contribution < -0.4 is 5.73 Å². The third-order valence-corrected chi connectivity index (χ3v) is 4.91. The summed E-state index contributed by atoms with van der Waals surface area (Å²) in [6, 6.07) is 0. The maximum atomic E-state index is 12.5. The van der Waals surface area contributed by atoms with E-state index in [9.17, 15) is 9.59 Å². The highest BCUT2D eigenvalue weighted by molar-refractivity contribution is 7.16. The maximum absolute atomic E-state index is 12.5. The summed E-state index contributed by atoms with van der Waals surface area (Å²) in [5, 5.41) is 0.458. The van der Waals surface area contributed by atoms with Gasteiger partial charge in [-0.2, -0.15) is 0 Å². The molecule has 0 saturated carbocycles. The van der Waals surface area contributed by atoms with E-state index in [4.69, 9.17) is 10.5 Å². The van der Waals surface area contributed by atoms with E-state index in [-0.39, 0.29) is 11.9 Å². The second kappa shape index (κ2) is 6.04. The number of nitrogens with zero attached hydrogens (tertiary/aromatic N) is 3.